The van der Waals surface area contributed by atoms with Gasteiger partial charge in [0.25, 0.3) is 5.91 Å². The third-order valence-corrected chi connectivity index (χ3v) is 2.91. The number of carbonyl (C=O) groups is 1. The molecular weight excluding hydrogens is 240 g/mol. The molecule has 0 bridgehead atoms. The van der Waals surface area contributed by atoms with Gasteiger partial charge < -0.3 is 11.1 Å². The monoisotopic (exact) mass is 258 g/mol. The molecule has 1 amide bonds. The van der Waals surface area contributed by atoms with Crippen molar-refractivity contribution in [2.75, 3.05) is 12.3 Å². The number of amides is 1. The number of carbonyl (C=O) groups excluding carboxylic acids is 1. The third-order valence-electron chi connectivity index (χ3n) is 2.91. The predicted molar refractivity (Wildman–Crippen MR) is 74.8 cm³/mol. The highest BCUT2D eigenvalue weighted by atomic mass is 16.1. The third kappa shape index (κ3) is 3.58. The summed E-state index contributed by atoms with van der Waals surface area (Å²) in [7, 11) is 0. The molecule has 2 aromatic rings. The van der Waals surface area contributed by atoms with Gasteiger partial charge in [-0.3, -0.25) is 9.48 Å². The first-order valence-corrected chi connectivity index (χ1v) is 6.28. The molecule has 0 saturated carbocycles. The minimum Gasteiger partial charge on any atom is -0.399 e. The number of anilines is 1. The summed E-state index contributed by atoms with van der Waals surface area (Å²) in [5, 5.41) is 7.00. The number of nitrogens with one attached hydrogen (secondary N) is 1. The summed E-state index contributed by atoms with van der Waals surface area (Å²) in [4.78, 5) is 12.0. The van der Waals surface area contributed by atoms with Gasteiger partial charge in [-0.25, -0.2) is 0 Å². The highest BCUT2D eigenvalue weighted by Gasteiger charge is 2.08. The second-order valence-electron chi connectivity index (χ2n) is 4.45. The van der Waals surface area contributed by atoms with Gasteiger partial charge in [0.2, 0.25) is 0 Å². The van der Waals surface area contributed by atoms with Crippen LogP contribution in [0.4, 0.5) is 5.69 Å². The Labute approximate surface area is 112 Å². The van der Waals surface area contributed by atoms with Crippen LogP contribution in [0.3, 0.4) is 0 Å². The van der Waals surface area contributed by atoms with Crippen molar-refractivity contribution in [3.8, 4) is 0 Å². The molecule has 1 aromatic heterocycles. The minimum absolute atomic E-state index is 0.0785. The summed E-state index contributed by atoms with van der Waals surface area (Å²) < 4.78 is 1.85. The number of hydrogen-bond acceptors (Lipinski definition) is 3. The van der Waals surface area contributed by atoms with E-state index >= 15 is 0 Å². The van der Waals surface area contributed by atoms with Crippen molar-refractivity contribution < 1.29 is 4.79 Å². The number of nitrogens with two attached hydrogens (primary N) is 1. The first kappa shape index (κ1) is 13.1. The molecule has 1 aromatic carbocycles. The maximum absolute atomic E-state index is 12.0. The quantitative estimate of drug-likeness (QED) is 0.632. The highest BCUT2D eigenvalue weighted by Crippen LogP contribution is 2.12. The number of hydrogen-bond donors (Lipinski definition) is 2. The van der Waals surface area contributed by atoms with Gasteiger partial charge in [0.15, 0.2) is 0 Å². The van der Waals surface area contributed by atoms with Crippen LogP contribution in [0.1, 0.15) is 22.3 Å². The van der Waals surface area contributed by atoms with E-state index < -0.39 is 0 Å². The Morgan fingerprint density at radius 2 is 2.32 bits per heavy atom. The largest absolute Gasteiger partial charge is 0.399 e. The summed E-state index contributed by atoms with van der Waals surface area (Å²) >= 11 is 0. The van der Waals surface area contributed by atoms with Gasteiger partial charge in [0.05, 0.1) is 0 Å². The molecule has 0 atom stereocenters. The van der Waals surface area contributed by atoms with Gasteiger partial charge in [0.1, 0.15) is 0 Å². The van der Waals surface area contributed by atoms with Crippen LogP contribution in [0.5, 0.6) is 0 Å². The molecule has 0 aliphatic carbocycles. The van der Waals surface area contributed by atoms with Crippen LogP contribution in [-0.2, 0) is 6.54 Å². The van der Waals surface area contributed by atoms with Gasteiger partial charge in [-0.05, 0) is 37.1 Å². The number of benzene rings is 1. The van der Waals surface area contributed by atoms with Crippen LogP contribution in [-0.4, -0.2) is 22.2 Å². The topological polar surface area (TPSA) is 72.9 Å². The van der Waals surface area contributed by atoms with Crippen LogP contribution in [0.15, 0.2) is 36.7 Å². The summed E-state index contributed by atoms with van der Waals surface area (Å²) in [6, 6.07) is 7.24. The van der Waals surface area contributed by atoms with E-state index in [1.165, 1.54) is 0 Å². The highest BCUT2D eigenvalue weighted by molar-refractivity contribution is 5.96. The predicted octanol–water partition coefficient (Wildman–Crippen LogP) is 1.59. The second-order valence-corrected chi connectivity index (χ2v) is 4.45. The lowest BCUT2D eigenvalue weighted by atomic mass is 10.1. The van der Waals surface area contributed by atoms with Crippen molar-refractivity contribution >= 4 is 11.6 Å². The number of aromatic nitrogens is 2. The van der Waals surface area contributed by atoms with Crippen molar-refractivity contribution in [2.24, 2.45) is 0 Å². The Morgan fingerprint density at radius 3 is 3.05 bits per heavy atom. The lowest BCUT2D eigenvalue weighted by molar-refractivity contribution is 0.0952. The molecule has 0 aliphatic heterocycles. The number of aryl methyl sites for hydroxylation is 2. The van der Waals surface area contributed by atoms with Gasteiger partial charge in [-0.1, -0.05) is 6.07 Å². The zero-order valence-electron chi connectivity index (χ0n) is 11.0. The SMILES string of the molecule is Cc1ccc(N)cc1C(=O)NCCCn1cccn1. The van der Waals surface area contributed by atoms with E-state index in [0.29, 0.717) is 17.8 Å². The Morgan fingerprint density at radius 1 is 1.47 bits per heavy atom. The normalized spacial score (nSPS) is 10.4. The summed E-state index contributed by atoms with van der Waals surface area (Å²) in [6.07, 6.45) is 4.49. The average molecular weight is 258 g/mol. The molecule has 3 N–H and O–H groups in total. The zero-order chi connectivity index (χ0) is 13.7. The Hall–Kier alpha value is -2.30. The summed E-state index contributed by atoms with van der Waals surface area (Å²) in [5.41, 5.74) is 7.86. The molecule has 0 radical (unpaired) electrons. The van der Waals surface area contributed by atoms with Crippen molar-refractivity contribution in [2.45, 2.75) is 19.9 Å². The van der Waals surface area contributed by atoms with E-state index in [0.717, 1.165) is 18.5 Å². The molecule has 100 valence electrons. The molecule has 0 unspecified atom stereocenters. The van der Waals surface area contributed by atoms with E-state index in [1.54, 1.807) is 18.3 Å². The summed E-state index contributed by atoms with van der Waals surface area (Å²) in [5.74, 6) is -0.0785. The maximum Gasteiger partial charge on any atom is 0.251 e. The fourth-order valence-corrected chi connectivity index (χ4v) is 1.86. The molecule has 0 fully saturated rings. The van der Waals surface area contributed by atoms with Crippen LogP contribution in [0.25, 0.3) is 0 Å². The Kier molecular flexibility index (Phi) is 4.18. The summed E-state index contributed by atoms with van der Waals surface area (Å²) in [6.45, 7) is 3.31. The molecule has 0 saturated heterocycles. The van der Waals surface area contributed by atoms with E-state index in [2.05, 4.69) is 10.4 Å². The van der Waals surface area contributed by atoms with Gasteiger partial charge >= 0.3 is 0 Å². The van der Waals surface area contributed by atoms with Crippen LogP contribution in [0.2, 0.25) is 0 Å². The lowest BCUT2D eigenvalue weighted by Crippen LogP contribution is -2.26. The average Bonchev–Trinajstić information content (AvgIpc) is 2.90. The van der Waals surface area contributed by atoms with Gasteiger partial charge in [-0.15, -0.1) is 0 Å². The Balaban J connectivity index is 1.82. The van der Waals surface area contributed by atoms with Gasteiger partial charge in [0, 0.05) is 36.7 Å². The van der Waals surface area contributed by atoms with Gasteiger partial charge in [-0.2, -0.15) is 5.10 Å². The van der Waals surface area contributed by atoms with Crippen molar-refractivity contribution in [3.63, 3.8) is 0 Å². The van der Waals surface area contributed by atoms with Crippen molar-refractivity contribution in [3.05, 3.63) is 47.8 Å². The molecule has 2 rings (SSSR count). The smallest absolute Gasteiger partial charge is 0.251 e. The lowest BCUT2D eigenvalue weighted by Gasteiger charge is -2.08. The molecular formula is C14H18N4O. The van der Waals surface area contributed by atoms with E-state index in [-0.39, 0.29) is 5.91 Å². The van der Waals surface area contributed by atoms with Crippen LogP contribution < -0.4 is 11.1 Å². The molecule has 19 heavy (non-hydrogen) atoms. The van der Waals surface area contributed by atoms with Crippen LogP contribution in [0, 0.1) is 6.92 Å². The molecule has 1 heterocycles. The maximum atomic E-state index is 12.0. The fraction of sp³-hybridized carbons (Fsp3) is 0.286. The first-order valence-electron chi connectivity index (χ1n) is 6.28. The number of nitrogens with zero attached hydrogens (tertiary/aromatic N) is 2. The van der Waals surface area contributed by atoms with E-state index in [9.17, 15) is 4.79 Å². The molecule has 5 heteroatoms. The number of rotatable bonds is 5. The zero-order valence-corrected chi connectivity index (χ0v) is 11.0. The Bertz CT molecular complexity index is 549. The van der Waals surface area contributed by atoms with Crippen molar-refractivity contribution in [1.82, 2.24) is 15.1 Å². The fourth-order valence-electron chi connectivity index (χ4n) is 1.86. The molecule has 0 aliphatic rings. The molecule has 0 spiro atoms. The number of nitrogen functional groups attached to an aromatic ring is 1. The van der Waals surface area contributed by atoms with Crippen molar-refractivity contribution in [1.29, 1.82) is 0 Å². The van der Waals surface area contributed by atoms with E-state index in [4.69, 9.17) is 5.73 Å². The van der Waals surface area contributed by atoms with E-state index in [1.807, 2.05) is 29.9 Å². The first-order chi connectivity index (χ1) is 9.16. The standard InChI is InChI=1S/C14H18N4O/c1-11-4-5-12(15)10-13(11)14(19)16-6-2-8-18-9-3-7-17-18/h3-5,7,9-10H,2,6,8,15H2,1H3,(H,16,19). The minimum atomic E-state index is -0.0785. The van der Waals surface area contributed by atoms with Crippen LogP contribution >= 0.6 is 0 Å². The molecule has 5 nitrogen and oxygen atoms in total. The second kappa shape index (κ2) is 6.04.